The van der Waals surface area contributed by atoms with Gasteiger partial charge in [-0.1, -0.05) is 22.9 Å². The van der Waals surface area contributed by atoms with Crippen molar-refractivity contribution >= 4 is 15.9 Å². The first-order valence-electron chi connectivity index (χ1n) is 7.69. The first-order chi connectivity index (χ1) is 10.3. The summed E-state index contributed by atoms with van der Waals surface area (Å²) in [6, 6.07) is 4.42. The van der Waals surface area contributed by atoms with Crippen LogP contribution in [0, 0.1) is 5.92 Å². The maximum Gasteiger partial charge on any atom is 0.162 e. The summed E-state index contributed by atoms with van der Waals surface area (Å²) in [6.07, 6.45) is 2.33. The fourth-order valence-corrected chi connectivity index (χ4v) is 3.67. The first kappa shape index (κ1) is 15.1. The molecule has 5 heteroatoms. The Labute approximate surface area is 134 Å². The molecule has 1 aromatic carbocycles. The summed E-state index contributed by atoms with van der Waals surface area (Å²) in [5, 5.41) is 3.61. The van der Waals surface area contributed by atoms with Crippen molar-refractivity contribution in [2.45, 2.75) is 25.8 Å². The van der Waals surface area contributed by atoms with Gasteiger partial charge in [-0.15, -0.1) is 0 Å². The topological polar surface area (TPSA) is 39.7 Å². The molecule has 2 heterocycles. The zero-order chi connectivity index (χ0) is 14.7. The summed E-state index contributed by atoms with van der Waals surface area (Å²) >= 11 is 3.70. The van der Waals surface area contributed by atoms with Crippen LogP contribution in [0.25, 0.3) is 0 Å². The van der Waals surface area contributed by atoms with Gasteiger partial charge in [-0.25, -0.2) is 0 Å². The second-order valence-electron chi connectivity index (χ2n) is 5.53. The highest BCUT2D eigenvalue weighted by molar-refractivity contribution is 9.10. The van der Waals surface area contributed by atoms with E-state index in [-0.39, 0.29) is 6.04 Å². The number of nitrogens with one attached hydrogen (secondary N) is 1. The molecule has 0 spiro atoms. The number of ether oxygens (including phenoxy) is 3. The van der Waals surface area contributed by atoms with Gasteiger partial charge in [0.1, 0.15) is 13.2 Å². The zero-order valence-electron chi connectivity index (χ0n) is 12.4. The predicted molar refractivity (Wildman–Crippen MR) is 85.1 cm³/mol. The summed E-state index contributed by atoms with van der Waals surface area (Å²) in [4.78, 5) is 0. The van der Waals surface area contributed by atoms with E-state index >= 15 is 0 Å². The number of benzene rings is 1. The van der Waals surface area contributed by atoms with Gasteiger partial charge in [0.25, 0.3) is 0 Å². The van der Waals surface area contributed by atoms with E-state index < -0.39 is 0 Å². The maximum absolute atomic E-state index is 5.73. The zero-order valence-corrected chi connectivity index (χ0v) is 13.9. The van der Waals surface area contributed by atoms with Crippen LogP contribution < -0.4 is 14.8 Å². The lowest BCUT2D eigenvalue weighted by molar-refractivity contribution is 0.0391. The fraction of sp³-hybridized carbons (Fsp3) is 0.625. The Morgan fingerprint density at radius 3 is 2.67 bits per heavy atom. The molecule has 2 atom stereocenters. The summed E-state index contributed by atoms with van der Waals surface area (Å²) < 4.78 is 18.1. The van der Waals surface area contributed by atoms with Gasteiger partial charge in [-0.2, -0.15) is 0 Å². The second-order valence-corrected chi connectivity index (χ2v) is 6.38. The van der Waals surface area contributed by atoms with E-state index in [0.717, 1.165) is 42.2 Å². The van der Waals surface area contributed by atoms with Crippen LogP contribution in [0.15, 0.2) is 16.6 Å². The molecular weight excluding hydrogens is 334 g/mol. The molecule has 2 unspecified atom stereocenters. The van der Waals surface area contributed by atoms with Crippen LogP contribution >= 0.6 is 15.9 Å². The minimum atomic E-state index is 0.278. The number of hydrogen-bond donors (Lipinski definition) is 1. The predicted octanol–water partition coefficient (Wildman–Crippen LogP) is 3.30. The molecule has 0 radical (unpaired) electrons. The normalized spacial score (nSPS) is 22.9. The van der Waals surface area contributed by atoms with Crippen molar-refractivity contribution in [1.29, 1.82) is 0 Å². The first-order valence-corrected chi connectivity index (χ1v) is 8.49. The third kappa shape index (κ3) is 3.35. The van der Waals surface area contributed by atoms with Crippen molar-refractivity contribution in [1.82, 2.24) is 5.32 Å². The molecule has 2 aliphatic heterocycles. The summed E-state index contributed by atoms with van der Waals surface area (Å²) in [5.74, 6) is 2.17. The van der Waals surface area contributed by atoms with Crippen LogP contribution in [0.2, 0.25) is 0 Å². The molecule has 4 nitrogen and oxygen atoms in total. The van der Waals surface area contributed by atoms with Crippen molar-refractivity contribution in [2.75, 3.05) is 33.0 Å². The lowest BCUT2D eigenvalue weighted by atomic mass is 9.88. The average Bonchev–Trinajstić information content (AvgIpc) is 2.53. The molecule has 0 aliphatic carbocycles. The van der Waals surface area contributed by atoms with Crippen molar-refractivity contribution in [3.63, 3.8) is 0 Å². The molecule has 1 N–H and O–H groups in total. The van der Waals surface area contributed by atoms with Crippen LogP contribution in [0.5, 0.6) is 11.5 Å². The van der Waals surface area contributed by atoms with Crippen molar-refractivity contribution in [3.05, 3.63) is 22.2 Å². The Bertz CT molecular complexity index is 489. The van der Waals surface area contributed by atoms with Crippen LogP contribution in [0.3, 0.4) is 0 Å². The summed E-state index contributed by atoms with van der Waals surface area (Å²) in [5.41, 5.74) is 1.23. The largest absolute Gasteiger partial charge is 0.486 e. The third-order valence-corrected chi connectivity index (χ3v) is 4.77. The van der Waals surface area contributed by atoms with Gasteiger partial charge in [0.15, 0.2) is 11.5 Å². The Kier molecular flexibility index (Phi) is 5.03. The molecule has 116 valence electrons. The van der Waals surface area contributed by atoms with Crippen molar-refractivity contribution in [3.8, 4) is 11.5 Å². The lowest BCUT2D eigenvalue weighted by Gasteiger charge is -2.32. The Morgan fingerprint density at radius 2 is 2.00 bits per heavy atom. The van der Waals surface area contributed by atoms with Crippen LogP contribution in [-0.2, 0) is 4.74 Å². The SMILES string of the molecule is CCNC(c1cc2c(cc1Br)OCCO2)C1CCCOC1. The summed E-state index contributed by atoms with van der Waals surface area (Å²) in [6.45, 7) is 6.01. The fourth-order valence-electron chi connectivity index (χ4n) is 3.10. The molecule has 0 amide bonds. The minimum absolute atomic E-state index is 0.278. The number of fused-ring (bicyclic) bond motifs is 1. The van der Waals surface area contributed by atoms with Gasteiger partial charge in [0.2, 0.25) is 0 Å². The van der Waals surface area contributed by atoms with Gasteiger partial charge in [-0.3, -0.25) is 0 Å². The van der Waals surface area contributed by atoms with Gasteiger partial charge in [0.05, 0.1) is 6.61 Å². The molecule has 2 aliphatic rings. The van der Waals surface area contributed by atoms with Crippen LogP contribution in [-0.4, -0.2) is 33.0 Å². The van der Waals surface area contributed by atoms with Gasteiger partial charge < -0.3 is 19.5 Å². The van der Waals surface area contributed by atoms with Crippen LogP contribution in [0.4, 0.5) is 0 Å². The highest BCUT2D eigenvalue weighted by Gasteiger charge is 2.28. The third-order valence-electron chi connectivity index (χ3n) is 4.09. The van der Waals surface area contributed by atoms with E-state index in [1.165, 1.54) is 12.0 Å². The number of hydrogen-bond acceptors (Lipinski definition) is 4. The molecule has 3 rings (SSSR count). The lowest BCUT2D eigenvalue weighted by Crippen LogP contribution is -2.33. The molecule has 1 fully saturated rings. The second kappa shape index (κ2) is 6.99. The van der Waals surface area contributed by atoms with E-state index in [0.29, 0.717) is 19.1 Å². The molecule has 1 aromatic rings. The highest BCUT2D eigenvalue weighted by Crippen LogP contribution is 2.40. The molecule has 21 heavy (non-hydrogen) atoms. The highest BCUT2D eigenvalue weighted by atomic mass is 79.9. The molecule has 0 bridgehead atoms. The van der Waals surface area contributed by atoms with Crippen LogP contribution in [0.1, 0.15) is 31.4 Å². The van der Waals surface area contributed by atoms with E-state index in [2.05, 4.69) is 34.2 Å². The summed E-state index contributed by atoms with van der Waals surface area (Å²) in [7, 11) is 0. The maximum atomic E-state index is 5.73. The Hall–Kier alpha value is -0.780. The standard InChI is InChI=1S/C16H22BrNO3/c1-2-18-16(11-4-3-5-19-10-11)12-8-14-15(9-13(12)17)21-7-6-20-14/h8-9,11,16,18H,2-7,10H2,1H3. The van der Waals surface area contributed by atoms with E-state index in [1.807, 2.05) is 6.07 Å². The molecule has 0 aromatic heterocycles. The van der Waals surface area contributed by atoms with Crippen molar-refractivity contribution < 1.29 is 14.2 Å². The van der Waals surface area contributed by atoms with Gasteiger partial charge in [-0.05, 0) is 37.1 Å². The average molecular weight is 356 g/mol. The van der Waals surface area contributed by atoms with Gasteiger partial charge >= 0.3 is 0 Å². The minimum Gasteiger partial charge on any atom is -0.486 e. The Morgan fingerprint density at radius 1 is 1.24 bits per heavy atom. The van der Waals surface area contributed by atoms with E-state index in [1.54, 1.807) is 0 Å². The smallest absolute Gasteiger partial charge is 0.162 e. The van der Waals surface area contributed by atoms with Crippen molar-refractivity contribution in [2.24, 2.45) is 5.92 Å². The monoisotopic (exact) mass is 355 g/mol. The molecular formula is C16H22BrNO3. The number of rotatable bonds is 4. The molecule has 1 saturated heterocycles. The van der Waals surface area contributed by atoms with E-state index in [9.17, 15) is 0 Å². The Balaban J connectivity index is 1.90. The van der Waals surface area contributed by atoms with Gasteiger partial charge in [0, 0.05) is 23.0 Å². The quantitative estimate of drug-likeness (QED) is 0.899. The number of halogens is 1. The van der Waals surface area contributed by atoms with E-state index in [4.69, 9.17) is 14.2 Å². The molecule has 0 saturated carbocycles.